The zero-order valence-corrected chi connectivity index (χ0v) is 12.8. The van der Waals surface area contributed by atoms with Gasteiger partial charge in [-0.05, 0) is 18.8 Å². The van der Waals surface area contributed by atoms with Crippen molar-refractivity contribution in [2.24, 2.45) is 20.9 Å². The Kier molecular flexibility index (Phi) is 5.86. The van der Waals surface area contributed by atoms with Gasteiger partial charge in [-0.1, -0.05) is 41.5 Å². The Morgan fingerprint density at radius 3 is 2.12 bits per heavy atom. The molecule has 0 rings (SSSR count). The molecule has 0 saturated heterocycles. The summed E-state index contributed by atoms with van der Waals surface area (Å²) < 4.78 is 0. The van der Waals surface area contributed by atoms with Crippen LogP contribution in [0.25, 0.3) is 0 Å². The van der Waals surface area contributed by atoms with Crippen molar-refractivity contribution >= 4 is 11.9 Å². The lowest BCUT2D eigenvalue weighted by molar-refractivity contribution is 0.218. The Balaban J connectivity index is 5.14. The van der Waals surface area contributed by atoms with Crippen LogP contribution in [0.1, 0.15) is 54.9 Å². The van der Waals surface area contributed by atoms with Crippen LogP contribution in [0.4, 0.5) is 0 Å². The van der Waals surface area contributed by atoms with Gasteiger partial charge in [-0.3, -0.25) is 4.99 Å². The maximum Gasteiger partial charge on any atom is 0.0842 e. The molecule has 0 fully saturated rings. The van der Waals surface area contributed by atoms with Crippen LogP contribution in [0.2, 0.25) is 0 Å². The highest BCUT2D eigenvalue weighted by atomic mass is 15.3. The summed E-state index contributed by atoms with van der Waals surface area (Å²) in [6, 6.07) is 0.354. The largest absolute Gasteiger partial charge is 0.313 e. The van der Waals surface area contributed by atoms with Crippen molar-refractivity contribution in [2.75, 3.05) is 7.05 Å². The zero-order chi connectivity index (χ0) is 13.7. The number of nitrogens with one attached hydrogen (secondary N) is 1. The molecule has 0 aliphatic rings. The van der Waals surface area contributed by atoms with E-state index in [9.17, 15) is 0 Å². The van der Waals surface area contributed by atoms with Crippen molar-refractivity contribution in [1.82, 2.24) is 5.43 Å². The minimum atomic E-state index is -0.0209. The van der Waals surface area contributed by atoms with E-state index in [4.69, 9.17) is 0 Å². The van der Waals surface area contributed by atoms with Crippen LogP contribution in [0, 0.1) is 10.8 Å². The topological polar surface area (TPSA) is 36.8 Å². The van der Waals surface area contributed by atoms with Crippen LogP contribution in [0.3, 0.4) is 0 Å². The molecule has 0 heterocycles. The smallest absolute Gasteiger partial charge is 0.0842 e. The molecule has 0 amide bonds. The fourth-order valence-electron chi connectivity index (χ4n) is 1.14. The predicted octanol–water partition coefficient (Wildman–Crippen LogP) is 3.50. The number of hydrazone groups is 1. The van der Waals surface area contributed by atoms with E-state index in [1.54, 1.807) is 0 Å². The van der Waals surface area contributed by atoms with Gasteiger partial charge in [0.15, 0.2) is 0 Å². The van der Waals surface area contributed by atoms with Crippen LogP contribution < -0.4 is 5.43 Å². The summed E-state index contributed by atoms with van der Waals surface area (Å²) in [6.07, 6.45) is 2.98. The van der Waals surface area contributed by atoms with Crippen LogP contribution in [-0.4, -0.2) is 25.0 Å². The molecule has 100 valence electrons. The van der Waals surface area contributed by atoms with Gasteiger partial charge >= 0.3 is 0 Å². The van der Waals surface area contributed by atoms with Gasteiger partial charge in [-0.15, -0.1) is 0 Å². The van der Waals surface area contributed by atoms with E-state index in [0.29, 0.717) is 6.04 Å². The van der Waals surface area contributed by atoms with Crippen molar-refractivity contribution in [3.05, 3.63) is 0 Å². The highest BCUT2D eigenvalue weighted by Gasteiger charge is 2.37. The summed E-state index contributed by atoms with van der Waals surface area (Å²) in [5.41, 5.74) is 4.01. The lowest BCUT2D eigenvalue weighted by atomic mass is 9.66. The van der Waals surface area contributed by atoms with Crippen LogP contribution in [-0.2, 0) is 0 Å². The van der Waals surface area contributed by atoms with Gasteiger partial charge < -0.3 is 5.43 Å². The number of hydrogen-bond acceptors (Lipinski definition) is 3. The zero-order valence-electron chi connectivity index (χ0n) is 12.8. The van der Waals surface area contributed by atoms with Gasteiger partial charge in [0.05, 0.1) is 5.71 Å². The second kappa shape index (κ2) is 6.18. The molecule has 0 aromatic carbocycles. The normalized spacial score (nSPS) is 16.4. The quantitative estimate of drug-likeness (QED) is 0.578. The summed E-state index contributed by atoms with van der Waals surface area (Å²) in [5.74, 6) is 0. The van der Waals surface area contributed by atoms with Crippen LogP contribution in [0.15, 0.2) is 10.1 Å². The van der Waals surface area contributed by atoms with Crippen LogP contribution >= 0.6 is 0 Å². The van der Waals surface area contributed by atoms with Crippen molar-refractivity contribution < 1.29 is 0 Å². The van der Waals surface area contributed by atoms with E-state index in [1.165, 1.54) is 0 Å². The summed E-state index contributed by atoms with van der Waals surface area (Å²) >= 11 is 0. The molecule has 0 aromatic heterocycles. The third-order valence-electron chi connectivity index (χ3n) is 3.79. The van der Waals surface area contributed by atoms with Crippen molar-refractivity contribution in [2.45, 2.75) is 60.9 Å². The minimum Gasteiger partial charge on any atom is -0.313 e. The maximum absolute atomic E-state index is 4.55. The first-order valence-electron chi connectivity index (χ1n) is 6.44. The lowest BCUT2D eigenvalue weighted by Gasteiger charge is -2.38. The molecule has 0 radical (unpaired) electrons. The first-order valence-corrected chi connectivity index (χ1v) is 6.44. The fourth-order valence-corrected chi connectivity index (χ4v) is 1.14. The summed E-state index contributed by atoms with van der Waals surface area (Å²) in [7, 11) is 1.83. The summed E-state index contributed by atoms with van der Waals surface area (Å²) in [4.78, 5) is 4.55. The molecular weight excluding hydrogens is 210 g/mol. The first kappa shape index (κ1) is 16.1. The molecule has 1 unspecified atom stereocenters. The summed E-state index contributed by atoms with van der Waals surface area (Å²) in [5, 5.41) is 4.39. The van der Waals surface area contributed by atoms with Gasteiger partial charge in [0.1, 0.15) is 0 Å². The molecule has 0 aliphatic heterocycles. The van der Waals surface area contributed by atoms with Gasteiger partial charge in [0.25, 0.3) is 0 Å². The average Bonchev–Trinajstić information content (AvgIpc) is 2.21. The van der Waals surface area contributed by atoms with Gasteiger partial charge in [-0.25, -0.2) is 0 Å². The van der Waals surface area contributed by atoms with Crippen molar-refractivity contribution in [3.8, 4) is 0 Å². The molecule has 0 spiro atoms. The van der Waals surface area contributed by atoms with Gasteiger partial charge in [0, 0.05) is 24.7 Å². The van der Waals surface area contributed by atoms with E-state index in [0.717, 1.165) is 12.1 Å². The van der Waals surface area contributed by atoms with Crippen molar-refractivity contribution in [1.29, 1.82) is 0 Å². The van der Waals surface area contributed by atoms with E-state index in [2.05, 4.69) is 64.0 Å². The van der Waals surface area contributed by atoms with E-state index in [1.807, 2.05) is 13.3 Å². The molecule has 1 N–H and O–H groups in total. The molecule has 17 heavy (non-hydrogen) atoms. The highest BCUT2D eigenvalue weighted by Crippen LogP contribution is 2.38. The molecule has 1 atom stereocenters. The average molecular weight is 239 g/mol. The molecular formula is C14H29N3. The standard InChI is InChI=1S/C14H29N3/c1-9-11(2)16-10-12(17-15-8)14(6,7)13(3,4)5/h10-11,15H,9H2,1-8H3. The summed E-state index contributed by atoms with van der Waals surface area (Å²) in [6.45, 7) is 15.4. The molecule has 3 nitrogen and oxygen atoms in total. The minimum absolute atomic E-state index is 0.0209. The Hall–Kier alpha value is -0.860. The molecule has 0 bridgehead atoms. The third kappa shape index (κ3) is 4.49. The Morgan fingerprint density at radius 2 is 1.76 bits per heavy atom. The fraction of sp³-hybridized carbons (Fsp3) is 0.857. The monoisotopic (exact) mass is 239 g/mol. The number of nitrogens with zero attached hydrogens (tertiary/aromatic N) is 2. The molecule has 3 heteroatoms. The predicted molar refractivity (Wildman–Crippen MR) is 78.0 cm³/mol. The van der Waals surface area contributed by atoms with E-state index < -0.39 is 0 Å². The Labute approximate surface area is 107 Å². The molecule has 0 aromatic rings. The van der Waals surface area contributed by atoms with Gasteiger partial charge in [-0.2, -0.15) is 5.10 Å². The van der Waals surface area contributed by atoms with Crippen molar-refractivity contribution in [3.63, 3.8) is 0 Å². The second-order valence-corrected chi connectivity index (χ2v) is 6.13. The Bertz CT molecular complexity index is 282. The second-order valence-electron chi connectivity index (χ2n) is 6.13. The number of hydrogen-bond donors (Lipinski definition) is 1. The van der Waals surface area contributed by atoms with E-state index in [-0.39, 0.29) is 10.8 Å². The third-order valence-corrected chi connectivity index (χ3v) is 3.79. The number of aliphatic imine (C=N–C) groups is 1. The lowest BCUT2D eigenvalue weighted by Crippen LogP contribution is -2.39. The number of rotatable bonds is 5. The van der Waals surface area contributed by atoms with Crippen LogP contribution in [0.5, 0.6) is 0 Å². The molecule has 0 aliphatic carbocycles. The highest BCUT2D eigenvalue weighted by molar-refractivity contribution is 6.33. The Morgan fingerprint density at radius 1 is 1.24 bits per heavy atom. The SMILES string of the molecule is CCC(C)N=CC(=NNC)C(C)(C)C(C)(C)C. The maximum atomic E-state index is 4.55. The van der Waals surface area contributed by atoms with E-state index >= 15 is 0 Å². The molecule has 0 saturated carbocycles. The van der Waals surface area contributed by atoms with Gasteiger partial charge in [0.2, 0.25) is 0 Å². The first-order chi connectivity index (χ1) is 7.66.